The first kappa shape index (κ1) is 21.2. The average molecular weight is 443 g/mol. The number of benzene rings is 2. The summed E-state index contributed by atoms with van der Waals surface area (Å²) in [4.78, 5) is 23.7. The van der Waals surface area contributed by atoms with E-state index >= 15 is 0 Å². The number of rotatable bonds is 6. The van der Waals surface area contributed by atoms with Gasteiger partial charge in [-0.3, -0.25) is 9.59 Å². The van der Waals surface area contributed by atoms with Gasteiger partial charge in [0.25, 0.3) is 5.91 Å². The SMILES string of the molecule is CCOc1cc(C=C(C#N)C(=O)Nc2ccc(C)cc2)cc(Br)c1OC(C)=O. The zero-order chi connectivity index (χ0) is 20.7. The van der Waals surface area contributed by atoms with E-state index < -0.39 is 11.9 Å². The Bertz CT molecular complexity index is 960. The number of carbonyl (C=O) groups is 2. The molecule has 0 fully saturated rings. The average Bonchev–Trinajstić information content (AvgIpc) is 2.64. The molecular weight excluding hydrogens is 424 g/mol. The smallest absolute Gasteiger partial charge is 0.308 e. The van der Waals surface area contributed by atoms with E-state index in [1.165, 1.54) is 13.0 Å². The van der Waals surface area contributed by atoms with Crippen LogP contribution in [0.3, 0.4) is 0 Å². The van der Waals surface area contributed by atoms with Gasteiger partial charge in [-0.05, 0) is 65.7 Å². The van der Waals surface area contributed by atoms with Gasteiger partial charge < -0.3 is 14.8 Å². The lowest BCUT2D eigenvalue weighted by atomic mass is 10.1. The minimum absolute atomic E-state index is 0.0739. The van der Waals surface area contributed by atoms with Crippen molar-refractivity contribution in [3.05, 3.63) is 57.6 Å². The first-order chi connectivity index (χ1) is 13.3. The van der Waals surface area contributed by atoms with Crippen molar-refractivity contribution in [2.45, 2.75) is 20.8 Å². The number of nitrogens with one attached hydrogen (secondary N) is 1. The Balaban J connectivity index is 2.34. The molecule has 0 unspecified atom stereocenters. The number of halogens is 1. The highest BCUT2D eigenvalue weighted by atomic mass is 79.9. The van der Waals surface area contributed by atoms with Gasteiger partial charge in [-0.2, -0.15) is 5.26 Å². The summed E-state index contributed by atoms with van der Waals surface area (Å²) >= 11 is 3.34. The Labute approximate surface area is 171 Å². The standard InChI is InChI=1S/C21H19BrN2O4/c1-4-27-19-11-15(10-18(22)20(19)28-14(3)25)9-16(12-23)21(26)24-17-7-5-13(2)6-8-17/h5-11H,4H2,1-3H3,(H,24,26). The number of hydrogen-bond donors (Lipinski definition) is 1. The van der Waals surface area contributed by atoms with Crippen LogP contribution in [0.15, 0.2) is 46.4 Å². The summed E-state index contributed by atoms with van der Waals surface area (Å²) in [6.07, 6.45) is 1.44. The molecule has 2 aromatic rings. The molecule has 0 bridgehead atoms. The van der Waals surface area contributed by atoms with Crippen LogP contribution in [-0.4, -0.2) is 18.5 Å². The van der Waals surface area contributed by atoms with E-state index in [0.717, 1.165) is 5.56 Å². The van der Waals surface area contributed by atoms with Gasteiger partial charge in [0.2, 0.25) is 0 Å². The highest BCUT2D eigenvalue weighted by molar-refractivity contribution is 9.10. The topological polar surface area (TPSA) is 88.4 Å². The van der Waals surface area contributed by atoms with Crippen LogP contribution in [0.2, 0.25) is 0 Å². The molecule has 28 heavy (non-hydrogen) atoms. The Morgan fingerprint density at radius 2 is 1.93 bits per heavy atom. The summed E-state index contributed by atoms with van der Waals surface area (Å²) in [5.41, 5.74) is 2.13. The van der Waals surface area contributed by atoms with E-state index in [-0.39, 0.29) is 11.3 Å². The van der Waals surface area contributed by atoms with Crippen molar-refractivity contribution in [1.29, 1.82) is 5.26 Å². The summed E-state index contributed by atoms with van der Waals surface area (Å²) in [5.74, 6) is -0.437. The highest BCUT2D eigenvalue weighted by Gasteiger charge is 2.15. The van der Waals surface area contributed by atoms with Crippen molar-refractivity contribution in [3.63, 3.8) is 0 Å². The number of nitriles is 1. The van der Waals surface area contributed by atoms with E-state index in [1.807, 2.05) is 25.1 Å². The number of hydrogen-bond acceptors (Lipinski definition) is 5. The van der Waals surface area contributed by atoms with Crippen molar-refractivity contribution in [1.82, 2.24) is 0 Å². The molecule has 0 saturated carbocycles. The van der Waals surface area contributed by atoms with E-state index in [4.69, 9.17) is 9.47 Å². The van der Waals surface area contributed by atoms with Crippen LogP contribution in [0.1, 0.15) is 25.0 Å². The van der Waals surface area contributed by atoms with Crippen LogP contribution in [0, 0.1) is 18.3 Å². The van der Waals surface area contributed by atoms with Gasteiger partial charge in [0.1, 0.15) is 11.6 Å². The fourth-order valence-corrected chi connectivity index (χ4v) is 2.87. The summed E-state index contributed by atoms with van der Waals surface area (Å²) in [5, 5.41) is 12.1. The van der Waals surface area contributed by atoms with Crippen LogP contribution in [0.25, 0.3) is 6.08 Å². The summed E-state index contributed by atoms with van der Waals surface area (Å²) in [6.45, 7) is 5.38. The van der Waals surface area contributed by atoms with E-state index in [1.54, 1.807) is 31.2 Å². The Morgan fingerprint density at radius 1 is 1.25 bits per heavy atom. The van der Waals surface area contributed by atoms with Crippen molar-refractivity contribution in [3.8, 4) is 17.6 Å². The first-order valence-electron chi connectivity index (χ1n) is 8.48. The molecule has 0 heterocycles. The lowest BCUT2D eigenvalue weighted by Crippen LogP contribution is -2.13. The van der Waals surface area contributed by atoms with Gasteiger partial charge in [0.15, 0.2) is 11.5 Å². The third kappa shape index (κ3) is 5.69. The molecule has 2 rings (SSSR count). The minimum Gasteiger partial charge on any atom is -0.490 e. The van der Waals surface area contributed by atoms with Crippen LogP contribution >= 0.6 is 15.9 Å². The molecule has 0 atom stereocenters. The van der Waals surface area contributed by atoms with Gasteiger partial charge in [-0.15, -0.1) is 0 Å². The molecule has 144 valence electrons. The normalized spacial score (nSPS) is 10.8. The molecular formula is C21H19BrN2O4. The predicted octanol–water partition coefficient (Wildman–Crippen LogP) is 4.63. The summed E-state index contributed by atoms with van der Waals surface area (Å²) in [6, 6.07) is 12.4. The molecule has 1 N–H and O–H groups in total. The van der Waals surface area contributed by atoms with Gasteiger partial charge in [-0.1, -0.05) is 17.7 Å². The third-order valence-electron chi connectivity index (χ3n) is 3.56. The van der Waals surface area contributed by atoms with Gasteiger partial charge in [0, 0.05) is 12.6 Å². The Morgan fingerprint density at radius 3 is 2.50 bits per heavy atom. The van der Waals surface area contributed by atoms with Crippen LogP contribution in [0.5, 0.6) is 11.5 Å². The fourth-order valence-electron chi connectivity index (χ4n) is 2.33. The number of amides is 1. The molecule has 2 aromatic carbocycles. The number of esters is 1. The maximum absolute atomic E-state index is 12.4. The second-order valence-corrected chi connectivity index (χ2v) is 6.70. The summed E-state index contributed by atoms with van der Waals surface area (Å²) in [7, 11) is 0. The predicted molar refractivity (Wildman–Crippen MR) is 110 cm³/mol. The van der Waals surface area contributed by atoms with Gasteiger partial charge in [0.05, 0.1) is 11.1 Å². The molecule has 7 heteroatoms. The monoisotopic (exact) mass is 442 g/mol. The maximum atomic E-state index is 12.4. The molecule has 0 aliphatic heterocycles. The van der Waals surface area contributed by atoms with E-state index in [9.17, 15) is 14.9 Å². The second-order valence-electron chi connectivity index (χ2n) is 5.85. The number of nitrogens with zero attached hydrogens (tertiary/aromatic N) is 1. The van der Waals surface area contributed by atoms with Crippen molar-refractivity contribution >= 4 is 39.6 Å². The van der Waals surface area contributed by atoms with Crippen molar-refractivity contribution in [2.24, 2.45) is 0 Å². The zero-order valence-electron chi connectivity index (χ0n) is 15.7. The van der Waals surface area contributed by atoms with Gasteiger partial charge in [-0.25, -0.2) is 0 Å². The quantitative estimate of drug-likeness (QED) is 0.305. The molecule has 0 spiro atoms. The molecule has 1 amide bonds. The second kappa shape index (κ2) is 9.72. The van der Waals surface area contributed by atoms with Crippen LogP contribution in [0.4, 0.5) is 5.69 Å². The number of carbonyl (C=O) groups excluding carboxylic acids is 2. The molecule has 0 aromatic heterocycles. The lowest BCUT2D eigenvalue weighted by molar-refractivity contribution is -0.132. The molecule has 0 saturated heterocycles. The Hall–Kier alpha value is -3.11. The number of ether oxygens (including phenoxy) is 2. The highest BCUT2D eigenvalue weighted by Crippen LogP contribution is 2.37. The van der Waals surface area contributed by atoms with Crippen LogP contribution in [-0.2, 0) is 9.59 Å². The van der Waals surface area contributed by atoms with Crippen molar-refractivity contribution in [2.75, 3.05) is 11.9 Å². The number of anilines is 1. The van der Waals surface area contributed by atoms with E-state index in [0.29, 0.717) is 28.1 Å². The fraction of sp³-hybridized carbons (Fsp3) is 0.190. The lowest BCUT2D eigenvalue weighted by Gasteiger charge is -2.12. The minimum atomic E-state index is -0.524. The zero-order valence-corrected chi connectivity index (χ0v) is 17.3. The van der Waals surface area contributed by atoms with Crippen molar-refractivity contribution < 1.29 is 19.1 Å². The largest absolute Gasteiger partial charge is 0.490 e. The molecule has 0 aliphatic rings. The molecule has 6 nitrogen and oxygen atoms in total. The molecule has 0 aliphatic carbocycles. The molecule has 0 radical (unpaired) electrons. The van der Waals surface area contributed by atoms with Crippen LogP contribution < -0.4 is 14.8 Å². The Kier molecular flexibility index (Phi) is 7.36. The third-order valence-corrected chi connectivity index (χ3v) is 4.15. The number of aryl methyl sites for hydroxylation is 1. The summed E-state index contributed by atoms with van der Waals surface area (Å²) < 4.78 is 11.2. The maximum Gasteiger partial charge on any atom is 0.308 e. The first-order valence-corrected chi connectivity index (χ1v) is 9.28. The van der Waals surface area contributed by atoms with Gasteiger partial charge >= 0.3 is 5.97 Å². The van der Waals surface area contributed by atoms with E-state index in [2.05, 4.69) is 21.2 Å².